The number of benzene rings is 2. The number of halogens is 1. The van der Waals surface area contributed by atoms with E-state index < -0.39 is 0 Å². The van der Waals surface area contributed by atoms with E-state index in [1.54, 1.807) is 23.1 Å². The Morgan fingerprint density at radius 3 is 2.61 bits per heavy atom. The van der Waals surface area contributed by atoms with Crippen LogP contribution in [0.5, 0.6) is 0 Å². The lowest BCUT2D eigenvalue weighted by Crippen LogP contribution is -2.30. The van der Waals surface area contributed by atoms with Crippen LogP contribution in [0.2, 0.25) is 0 Å². The molecule has 0 saturated carbocycles. The third kappa shape index (κ3) is 3.35. The van der Waals surface area contributed by atoms with E-state index in [1.165, 1.54) is 23.9 Å². The van der Waals surface area contributed by atoms with E-state index in [0.717, 1.165) is 5.56 Å². The summed E-state index contributed by atoms with van der Waals surface area (Å²) in [5.74, 6) is -0.465. The van der Waals surface area contributed by atoms with Gasteiger partial charge in [0.05, 0.1) is 10.9 Å². The van der Waals surface area contributed by atoms with Crippen LogP contribution in [-0.2, 0) is 4.79 Å². The molecule has 0 bridgehead atoms. The number of carbonyl (C=O) groups excluding carboxylic acids is 1. The molecule has 0 radical (unpaired) electrons. The molecule has 23 heavy (non-hydrogen) atoms. The highest BCUT2D eigenvalue weighted by Gasteiger charge is 2.35. The lowest BCUT2D eigenvalue weighted by Gasteiger charge is -2.23. The number of amides is 1. The van der Waals surface area contributed by atoms with Gasteiger partial charge in [0.2, 0.25) is 0 Å². The van der Waals surface area contributed by atoms with Crippen LogP contribution in [-0.4, -0.2) is 15.1 Å². The highest BCUT2D eigenvalue weighted by molar-refractivity contribution is 8.26. The molecule has 1 aliphatic heterocycles. The van der Waals surface area contributed by atoms with Gasteiger partial charge in [-0.3, -0.25) is 9.69 Å². The minimum atomic E-state index is -0.327. The number of nitrogens with zero attached hydrogens (tertiary/aromatic N) is 1. The molecule has 1 saturated heterocycles. The van der Waals surface area contributed by atoms with Gasteiger partial charge in [-0.15, -0.1) is 0 Å². The highest BCUT2D eigenvalue weighted by atomic mass is 32.2. The molecular weight excluding hydrogens is 329 g/mol. The van der Waals surface area contributed by atoms with E-state index in [9.17, 15) is 9.18 Å². The summed E-state index contributed by atoms with van der Waals surface area (Å²) in [5.41, 5.74) is 1.67. The first-order valence-corrected chi connectivity index (χ1v) is 8.36. The highest BCUT2D eigenvalue weighted by Crippen LogP contribution is 2.37. The Morgan fingerprint density at radius 2 is 1.91 bits per heavy atom. The third-order valence-corrected chi connectivity index (χ3v) is 4.97. The average Bonchev–Trinajstić information content (AvgIpc) is 2.81. The maximum atomic E-state index is 13.3. The second-order valence-corrected chi connectivity index (χ2v) is 6.87. The topological polar surface area (TPSA) is 20.3 Å². The van der Waals surface area contributed by atoms with E-state index in [2.05, 4.69) is 0 Å². The second-order valence-electron chi connectivity index (χ2n) is 5.19. The quantitative estimate of drug-likeness (QED) is 0.590. The van der Waals surface area contributed by atoms with Gasteiger partial charge in [-0.2, -0.15) is 0 Å². The Bertz CT molecular complexity index is 789. The molecule has 5 heteroatoms. The zero-order valence-corrected chi connectivity index (χ0v) is 14.0. The van der Waals surface area contributed by atoms with E-state index >= 15 is 0 Å². The van der Waals surface area contributed by atoms with Crippen molar-refractivity contribution >= 4 is 40.3 Å². The van der Waals surface area contributed by atoms with Gasteiger partial charge in [0.15, 0.2) is 0 Å². The van der Waals surface area contributed by atoms with E-state index in [0.29, 0.717) is 14.8 Å². The fourth-order valence-electron chi connectivity index (χ4n) is 2.44. The van der Waals surface area contributed by atoms with Crippen molar-refractivity contribution in [3.63, 3.8) is 0 Å². The van der Waals surface area contributed by atoms with Gasteiger partial charge < -0.3 is 0 Å². The predicted octanol–water partition coefficient (Wildman–Crippen LogP) is 4.79. The molecule has 3 rings (SSSR count). The molecule has 1 heterocycles. The van der Waals surface area contributed by atoms with Gasteiger partial charge in [-0.1, -0.05) is 66.4 Å². The van der Waals surface area contributed by atoms with E-state index in [1.807, 2.05) is 37.3 Å². The van der Waals surface area contributed by atoms with Crippen molar-refractivity contribution in [2.24, 2.45) is 0 Å². The van der Waals surface area contributed by atoms with Crippen LogP contribution in [0.1, 0.15) is 24.1 Å². The van der Waals surface area contributed by atoms with Gasteiger partial charge in [-0.05, 0) is 36.3 Å². The Hall–Kier alpha value is -1.98. The lowest BCUT2D eigenvalue weighted by atomic mass is 10.1. The summed E-state index contributed by atoms with van der Waals surface area (Å²) in [7, 11) is 0. The molecule has 0 aromatic heterocycles. The molecule has 0 N–H and O–H groups in total. The van der Waals surface area contributed by atoms with E-state index in [-0.39, 0.29) is 17.8 Å². The summed E-state index contributed by atoms with van der Waals surface area (Å²) < 4.78 is 13.8. The summed E-state index contributed by atoms with van der Waals surface area (Å²) in [6.45, 7) is 1.95. The fraction of sp³-hybridized carbons (Fsp3) is 0.111. The molecule has 0 unspecified atom stereocenters. The van der Waals surface area contributed by atoms with Gasteiger partial charge in [0.1, 0.15) is 10.1 Å². The Balaban J connectivity index is 1.88. The number of carbonyl (C=O) groups is 1. The summed E-state index contributed by atoms with van der Waals surface area (Å²) >= 11 is 6.62. The molecule has 2 aromatic rings. The summed E-state index contributed by atoms with van der Waals surface area (Å²) in [4.78, 5) is 14.8. The number of thiocarbonyl (C=S) groups is 1. The molecule has 116 valence electrons. The number of thioether (sulfide) groups is 1. The normalized spacial score (nSPS) is 17.8. The molecule has 0 spiro atoms. The first-order valence-electron chi connectivity index (χ1n) is 7.14. The molecule has 1 atom stereocenters. The van der Waals surface area contributed by atoms with Crippen molar-refractivity contribution in [2.75, 3.05) is 0 Å². The van der Waals surface area contributed by atoms with Crippen LogP contribution in [0, 0.1) is 5.82 Å². The largest absolute Gasteiger partial charge is 0.286 e. The average molecular weight is 343 g/mol. The molecule has 2 aromatic carbocycles. The fourth-order valence-corrected chi connectivity index (χ4v) is 3.86. The first kappa shape index (κ1) is 15.9. The Morgan fingerprint density at radius 1 is 1.17 bits per heavy atom. The molecule has 1 amide bonds. The van der Waals surface area contributed by atoms with Crippen molar-refractivity contribution in [2.45, 2.75) is 13.0 Å². The van der Waals surface area contributed by atoms with Crippen LogP contribution in [0.4, 0.5) is 4.39 Å². The van der Waals surface area contributed by atoms with Crippen LogP contribution in [0.25, 0.3) is 6.08 Å². The number of hydrogen-bond donors (Lipinski definition) is 0. The predicted molar refractivity (Wildman–Crippen MR) is 96.3 cm³/mol. The van der Waals surface area contributed by atoms with Crippen LogP contribution in [0.3, 0.4) is 0 Å². The van der Waals surface area contributed by atoms with Crippen LogP contribution in [0.15, 0.2) is 59.5 Å². The maximum absolute atomic E-state index is 13.3. The summed E-state index contributed by atoms with van der Waals surface area (Å²) in [6.07, 6.45) is 1.68. The van der Waals surface area contributed by atoms with Crippen molar-refractivity contribution < 1.29 is 9.18 Å². The minimum absolute atomic E-state index is 0.137. The van der Waals surface area contributed by atoms with Crippen molar-refractivity contribution in [1.82, 2.24) is 4.90 Å². The van der Waals surface area contributed by atoms with Gasteiger partial charge >= 0.3 is 0 Å². The Labute approximate surface area is 144 Å². The molecule has 2 nitrogen and oxygen atoms in total. The maximum Gasteiger partial charge on any atom is 0.266 e. The molecular formula is C18H14FNOS2. The second kappa shape index (κ2) is 6.64. The SMILES string of the molecule is C[C@@H](c1ccccc1)N1C(=O)/C(=C/c2cccc(F)c2)SC1=S. The monoisotopic (exact) mass is 343 g/mol. The van der Waals surface area contributed by atoms with Crippen LogP contribution < -0.4 is 0 Å². The molecule has 1 fully saturated rings. The van der Waals surface area contributed by atoms with Crippen LogP contribution >= 0.6 is 24.0 Å². The zero-order valence-electron chi connectivity index (χ0n) is 12.4. The standard InChI is InChI=1S/C18H14FNOS2/c1-12(14-7-3-2-4-8-14)20-17(21)16(23-18(20)22)11-13-6-5-9-15(19)10-13/h2-12H,1H3/b16-11-/t12-/m0/s1. The smallest absolute Gasteiger partial charge is 0.266 e. The first-order chi connectivity index (χ1) is 11.1. The lowest BCUT2D eigenvalue weighted by molar-refractivity contribution is -0.123. The van der Waals surface area contributed by atoms with Gasteiger partial charge in [0.25, 0.3) is 5.91 Å². The summed E-state index contributed by atoms with van der Waals surface area (Å²) in [6, 6.07) is 15.8. The summed E-state index contributed by atoms with van der Waals surface area (Å²) in [5, 5.41) is 0. The Kier molecular flexibility index (Phi) is 4.59. The van der Waals surface area contributed by atoms with Crippen molar-refractivity contribution in [1.29, 1.82) is 0 Å². The van der Waals surface area contributed by atoms with E-state index in [4.69, 9.17) is 12.2 Å². The van der Waals surface area contributed by atoms with Gasteiger partial charge in [-0.25, -0.2) is 4.39 Å². The zero-order chi connectivity index (χ0) is 16.4. The van der Waals surface area contributed by atoms with Gasteiger partial charge in [0, 0.05) is 0 Å². The number of rotatable bonds is 3. The van der Waals surface area contributed by atoms with Crippen molar-refractivity contribution in [3.8, 4) is 0 Å². The number of hydrogen-bond acceptors (Lipinski definition) is 3. The molecule has 1 aliphatic rings. The van der Waals surface area contributed by atoms with Crippen molar-refractivity contribution in [3.05, 3.63) is 76.4 Å². The minimum Gasteiger partial charge on any atom is -0.286 e. The third-order valence-electron chi connectivity index (χ3n) is 3.64. The molecule has 0 aliphatic carbocycles.